The molecule has 0 aliphatic heterocycles. The van der Waals surface area contributed by atoms with Crippen molar-refractivity contribution in [3.05, 3.63) is 29.6 Å². The van der Waals surface area contributed by atoms with Gasteiger partial charge in [0.05, 0.1) is 16.4 Å². The SMILES string of the molecule is C=C(C)c1cc(N)c(Cl)cn1. The van der Waals surface area contributed by atoms with Gasteiger partial charge in [0.15, 0.2) is 0 Å². The van der Waals surface area contributed by atoms with Gasteiger partial charge in [0.1, 0.15) is 0 Å². The van der Waals surface area contributed by atoms with Crippen molar-refractivity contribution < 1.29 is 0 Å². The van der Waals surface area contributed by atoms with E-state index in [1.165, 1.54) is 6.20 Å². The normalized spacial score (nSPS) is 9.64. The zero-order chi connectivity index (χ0) is 8.43. The van der Waals surface area contributed by atoms with Gasteiger partial charge in [0.2, 0.25) is 0 Å². The minimum Gasteiger partial charge on any atom is -0.397 e. The van der Waals surface area contributed by atoms with Crippen LogP contribution in [-0.2, 0) is 0 Å². The van der Waals surface area contributed by atoms with Crippen LogP contribution in [0.4, 0.5) is 5.69 Å². The Bertz CT molecular complexity index is 294. The summed E-state index contributed by atoms with van der Waals surface area (Å²) in [6.07, 6.45) is 1.53. The number of nitrogen functional groups attached to an aromatic ring is 1. The van der Waals surface area contributed by atoms with E-state index >= 15 is 0 Å². The number of halogens is 1. The Hall–Kier alpha value is -1.02. The van der Waals surface area contributed by atoms with Crippen molar-refractivity contribution in [1.82, 2.24) is 4.98 Å². The van der Waals surface area contributed by atoms with Crippen molar-refractivity contribution in [2.45, 2.75) is 6.92 Å². The summed E-state index contributed by atoms with van der Waals surface area (Å²) in [5.41, 5.74) is 7.75. The Morgan fingerprint density at radius 2 is 2.36 bits per heavy atom. The number of allylic oxidation sites excluding steroid dienone is 1. The highest BCUT2D eigenvalue weighted by Crippen LogP contribution is 2.19. The van der Waals surface area contributed by atoms with Crippen LogP contribution in [0.2, 0.25) is 5.02 Å². The number of hydrogen-bond acceptors (Lipinski definition) is 2. The lowest BCUT2D eigenvalue weighted by atomic mass is 10.2. The molecule has 0 atom stereocenters. The highest BCUT2D eigenvalue weighted by atomic mass is 35.5. The van der Waals surface area contributed by atoms with Crippen LogP contribution in [0.3, 0.4) is 0 Å². The zero-order valence-corrected chi connectivity index (χ0v) is 7.02. The number of nitrogens with zero attached hydrogens (tertiary/aromatic N) is 1. The minimum absolute atomic E-state index is 0.481. The van der Waals surface area contributed by atoms with E-state index in [1.54, 1.807) is 6.07 Å². The van der Waals surface area contributed by atoms with E-state index in [1.807, 2.05) is 6.92 Å². The van der Waals surface area contributed by atoms with Crippen molar-refractivity contribution >= 4 is 22.9 Å². The third kappa shape index (κ3) is 1.71. The first-order valence-electron chi connectivity index (χ1n) is 3.18. The van der Waals surface area contributed by atoms with Gasteiger partial charge in [0.25, 0.3) is 0 Å². The molecule has 0 amide bonds. The molecule has 1 heterocycles. The summed E-state index contributed by atoms with van der Waals surface area (Å²) in [4.78, 5) is 4.03. The fourth-order valence-corrected chi connectivity index (χ4v) is 0.791. The molecule has 0 aromatic carbocycles. The monoisotopic (exact) mass is 168 g/mol. The van der Waals surface area contributed by atoms with Gasteiger partial charge < -0.3 is 5.73 Å². The Morgan fingerprint density at radius 3 is 2.82 bits per heavy atom. The third-order valence-corrected chi connectivity index (χ3v) is 1.64. The lowest BCUT2D eigenvalue weighted by Gasteiger charge is -2.00. The predicted octanol–water partition coefficient (Wildman–Crippen LogP) is 2.35. The molecule has 1 aromatic heterocycles. The quantitative estimate of drug-likeness (QED) is 0.699. The van der Waals surface area contributed by atoms with E-state index in [2.05, 4.69) is 11.6 Å². The molecule has 0 saturated carbocycles. The molecule has 2 nitrogen and oxygen atoms in total. The van der Waals surface area contributed by atoms with Crippen molar-refractivity contribution in [1.29, 1.82) is 0 Å². The molecular formula is C8H9ClN2. The Morgan fingerprint density at radius 1 is 1.73 bits per heavy atom. The summed E-state index contributed by atoms with van der Waals surface area (Å²) >= 11 is 5.67. The molecule has 0 fully saturated rings. The molecule has 0 aliphatic rings. The maximum absolute atomic E-state index is 5.67. The fraction of sp³-hybridized carbons (Fsp3) is 0.125. The van der Waals surface area contributed by atoms with E-state index in [9.17, 15) is 0 Å². The van der Waals surface area contributed by atoms with Gasteiger partial charge in [-0.25, -0.2) is 0 Å². The van der Waals surface area contributed by atoms with Crippen LogP contribution in [0.25, 0.3) is 5.57 Å². The van der Waals surface area contributed by atoms with Crippen LogP contribution in [0, 0.1) is 0 Å². The standard InChI is InChI=1S/C8H9ClN2/c1-5(2)8-3-7(10)6(9)4-11-8/h3-4H,1H2,2H3,(H2,10,11). The van der Waals surface area contributed by atoms with Gasteiger partial charge in [-0.3, -0.25) is 4.98 Å². The predicted molar refractivity (Wildman–Crippen MR) is 48.4 cm³/mol. The summed E-state index contributed by atoms with van der Waals surface area (Å²) < 4.78 is 0. The van der Waals surface area contributed by atoms with Crippen LogP contribution in [0.15, 0.2) is 18.8 Å². The third-order valence-electron chi connectivity index (χ3n) is 1.32. The first-order chi connectivity index (χ1) is 5.11. The minimum atomic E-state index is 0.481. The topological polar surface area (TPSA) is 38.9 Å². The molecule has 0 aliphatic carbocycles. The first kappa shape index (κ1) is 8.08. The number of anilines is 1. The number of pyridine rings is 1. The summed E-state index contributed by atoms with van der Waals surface area (Å²) in [5, 5.41) is 0.481. The highest BCUT2D eigenvalue weighted by Gasteiger charge is 1.98. The highest BCUT2D eigenvalue weighted by molar-refractivity contribution is 6.32. The average Bonchev–Trinajstić information content (AvgIpc) is 1.94. The van der Waals surface area contributed by atoms with Gasteiger partial charge in [-0.05, 0) is 18.6 Å². The molecule has 0 saturated heterocycles. The van der Waals surface area contributed by atoms with Gasteiger partial charge in [-0.2, -0.15) is 0 Å². The summed E-state index contributed by atoms with van der Waals surface area (Å²) in [6.45, 7) is 5.61. The van der Waals surface area contributed by atoms with E-state index in [0.29, 0.717) is 10.7 Å². The zero-order valence-electron chi connectivity index (χ0n) is 6.26. The second-order valence-electron chi connectivity index (χ2n) is 2.37. The summed E-state index contributed by atoms with van der Waals surface area (Å²) in [7, 11) is 0. The van der Waals surface area contributed by atoms with Crippen molar-refractivity contribution in [2.75, 3.05) is 5.73 Å². The molecule has 11 heavy (non-hydrogen) atoms. The molecule has 0 radical (unpaired) electrons. The van der Waals surface area contributed by atoms with Gasteiger partial charge in [-0.15, -0.1) is 0 Å². The first-order valence-corrected chi connectivity index (χ1v) is 3.56. The average molecular weight is 169 g/mol. The van der Waals surface area contributed by atoms with Crippen LogP contribution < -0.4 is 5.73 Å². The lowest BCUT2D eigenvalue weighted by molar-refractivity contribution is 1.27. The van der Waals surface area contributed by atoms with E-state index in [0.717, 1.165) is 11.3 Å². The van der Waals surface area contributed by atoms with Crippen molar-refractivity contribution in [2.24, 2.45) is 0 Å². The molecule has 0 unspecified atom stereocenters. The number of nitrogens with two attached hydrogens (primary N) is 1. The van der Waals surface area contributed by atoms with Crippen LogP contribution in [0.5, 0.6) is 0 Å². The van der Waals surface area contributed by atoms with Gasteiger partial charge in [0, 0.05) is 6.20 Å². The number of aromatic nitrogens is 1. The van der Waals surface area contributed by atoms with Crippen LogP contribution >= 0.6 is 11.6 Å². The molecule has 2 N–H and O–H groups in total. The van der Waals surface area contributed by atoms with Crippen molar-refractivity contribution in [3.63, 3.8) is 0 Å². The van der Waals surface area contributed by atoms with Gasteiger partial charge in [-0.1, -0.05) is 18.2 Å². The molecule has 58 valence electrons. The van der Waals surface area contributed by atoms with E-state index in [-0.39, 0.29) is 0 Å². The largest absolute Gasteiger partial charge is 0.397 e. The molecular weight excluding hydrogens is 160 g/mol. The Labute approximate surface area is 70.7 Å². The van der Waals surface area contributed by atoms with E-state index in [4.69, 9.17) is 17.3 Å². The van der Waals surface area contributed by atoms with Crippen LogP contribution in [0.1, 0.15) is 12.6 Å². The second kappa shape index (κ2) is 2.93. The summed E-state index contributed by atoms with van der Waals surface area (Å²) in [6, 6.07) is 1.71. The lowest BCUT2D eigenvalue weighted by Crippen LogP contribution is -1.91. The number of rotatable bonds is 1. The molecule has 1 aromatic rings. The molecule has 3 heteroatoms. The second-order valence-corrected chi connectivity index (χ2v) is 2.78. The maximum Gasteiger partial charge on any atom is 0.0819 e. The van der Waals surface area contributed by atoms with E-state index < -0.39 is 0 Å². The maximum atomic E-state index is 5.67. The van der Waals surface area contributed by atoms with Gasteiger partial charge >= 0.3 is 0 Å². The van der Waals surface area contributed by atoms with Crippen LogP contribution in [-0.4, -0.2) is 4.98 Å². The Balaban J connectivity index is 3.15. The molecule has 1 rings (SSSR count). The number of hydrogen-bond donors (Lipinski definition) is 1. The fourth-order valence-electron chi connectivity index (χ4n) is 0.688. The Kier molecular flexibility index (Phi) is 2.15. The summed E-state index contributed by atoms with van der Waals surface area (Å²) in [5.74, 6) is 0. The smallest absolute Gasteiger partial charge is 0.0819 e. The molecule has 0 bridgehead atoms. The molecule has 0 spiro atoms. The van der Waals surface area contributed by atoms with Crippen molar-refractivity contribution in [3.8, 4) is 0 Å².